The lowest BCUT2D eigenvalue weighted by molar-refractivity contribution is 0.122. The van der Waals surface area contributed by atoms with Crippen molar-refractivity contribution in [2.45, 2.75) is 20.4 Å². The number of rotatable bonds is 4. The Morgan fingerprint density at radius 2 is 2.04 bits per heavy atom. The summed E-state index contributed by atoms with van der Waals surface area (Å²) in [6.07, 6.45) is 1.74. The molecule has 1 aromatic heterocycles. The first-order chi connectivity index (χ1) is 12.1. The number of hydrogen-bond donors (Lipinski definition) is 2. The smallest absolute Gasteiger partial charge is 0.319 e. The maximum atomic E-state index is 12.2. The molecule has 2 heterocycles. The number of morpholine rings is 1. The van der Waals surface area contributed by atoms with Crippen molar-refractivity contribution in [2.75, 3.05) is 36.5 Å². The number of carbonyl (C=O) groups excluding carboxylic acids is 1. The van der Waals surface area contributed by atoms with E-state index in [1.807, 2.05) is 32.0 Å². The van der Waals surface area contributed by atoms with E-state index in [1.54, 1.807) is 6.20 Å². The summed E-state index contributed by atoms with van der Waals surface area (Å²) in [5.74, 6) is 0. The van der Waals surface area contributed by atoms with Crippen LogP contribution in [0.3, 0.4) is 0 Å². The van der Waals surface area contributed by atoms with Crippen LogP contribution in [0.5, 0.6) is 0 Å². The third-order valence-corrected chi connectivity index (χ3v) is 4.33. The van der Waals surface area contributed by atoms with Crippen molar-refractivity contribution >= 4 is 17.4 Å². The van der Waals surface area contributed by atoms with E-state index in [1.165, 1.54) is 5.69 Å². The van der Waals surface area contributed by atoms with Crippen LogP contribution in [-0.2, 0) is 11.3 Å². The van der Waals surface area contributed by atoms with Gasteiger partial charge in [-0.1, -0.05) is 12.1 Å². The van der Waals surface area contributed by atoms with Gasteiger partial charge in [0.2, 0.25) is 0 Å². The van der Waals surface area contributed by atoms with Gasteiger partial charge in [0.05, 0.1) is 24.6 Å². The molecule has 1 aliphatic rings. The van der Waals surface area contributed by atoms with Gasteiger partial charge in [-0.25, -0.2) is 4.79 Å². The number of carbonyl (C=O) groups is 1. The SMILES string of the molecule is Cc1ccnc(C)c1NC(=O)NCc1cccc(N2CCOCC2)c1. The number of benzene rings is 1. The van der Waals surface area contributed by atoms with Crippen LogP contribution in [0.2, 0.25) is 0 Å². The van der Waals surface area contributed by atoms with E-state index in [0.717, 1.165) is 48.8 Å². The predicted molar refractivity (Wildman–Crippen MR) is 99.0 cm³/mol. The van der Waals surface area contributed by atoms with Crippen LogP contribution in [0.1, 0.15) is 16.8 Å². The van der Waals surface area contributed by atoms with E-state index < -0.39 is 0 Å². The quantitative estimate of drug-likeness (QED) is 0.898. The predicted octanol–water partition coefficient (Wildman–Crippen LogP) is 2.86. The standard InChI is InChI=1S/C19H24N4O2/c1-14-6-7-20-15(2)18(14)22-19(24)21-13-16-4-3-5-17(12-16)23-8-10-25-11-9-23/h3-7,12H,8-11,13H2,1-2H3,(H2,21,22,24). The number of ether oxygens (including phenoxy) is 1. The van der Waals surface area contributed by atoms with Gasteiger partial charge in [-0.05, 0) is 43.2 Å². The summed E-state index contributed by atoms with van der Waals surface area (Å²) in [6.45, 7) is 7.63. The first kappa shape index (κ1) is 17.2. The minimum Gasteiger partial charge on any atom is -0.378 e. The number of urea groups is 1. The third kappa shape index (κ3) is 4.48. The van der Waals surface area contributed by atoms with E-state index in [-0.39, 0.29) is 6.03 Å². The second-order valence-electron chi connectivity index (χ2n) is 6.17. The van der Waals surface area contributed by atoms with Gasteiger partial charge in [0.25, 0.3) is 0 Å². The Hall–Kier alpha value is -2.60. The Labute approximate surface area is 148 Å². The molecule has 0 atom stereocenters. The highest BCUT2D eigenvalue weighted by molar-refractivity contribution is 5.90. The molecule has 0 aliphatic carbocycles. The monoisotopic (exact) mass is 340 g/mol. The van der Waals surface area contributed by atoms with E-state index in [9.17, 15) is 4.79 Å². The molecule has 25 heavy (non-hydrogen) atoms. The lowest BCUT2D eigenvalue weighted by Gasteiger charge is -2.29. The average molecular weight is 340 g/mol. The normalized spacial score (nSPS) is 14.2. The van der Waals surface area contributed by atoms with Gasteiger partial charge >= 0.3 is 6.03 Å². The Kier molecular flexibility index (Phi) is 5.50. The molecule has 0 unspecified atom stereocenters. The highest BCUT2D eigenvalue weighted by Crippen LogP contribution is 2.18. The summed E-state index contributed by atoms with van der Waals surface area (Å²) in [7, 11) is 0. The zero-order chi connectivity index (χ0) is 17.6. The Bertz CT molecular complexity index is 722. The second-order valence-corrected chi connectivity index (χ2v) is 6.17. The van der Waals surface area contributed by atoms with Crippen LogP contribution in [0.25, 0.3) is 0 Å². The van der Waals surface area contributed by atoms with E-state index >= 15 is 0 Å². The number of anilines is 2. The van der Waals surface area contributed by atoms with Gasteiger partial charge in [-0.3, -0.25) is 4.98 Å². The Morgan fingerprint density at radius 3 is 2.80 bits per heavy atom. The molecule has 1 aromatic carbocycles. The summed E-state index contributed by atoms with van der Waals surface area (Å²) < 4.78 is 5.39. The number of aryl methyl sites for hydroxylation is 2. The largest absolute Gasteiger partial charge is 0.378 e. The average Bonchev–Trinajstić information content (AvgIpc) is 2.64. The van der Waals surface area contributed by atoms with Crippen molar-refractivity contribution in [1.29, 1.82) is 0 Å². The van der Waals surface area contributed by atoms with Gasteiger partial charge in [0, 0.05) is 31.5 Å². The summed E-state index contributed by atoms with van der Waals surface area (Å²) >= 11 is 0. The topological polar surface area (TPSA) is 66.5 Å². The summed E-state index contributed by atoms with van der Waals surface area (Å²) in [6, 6.07) is 9.91. The molecule has 0 saturated carbocycles. The molecule has 1 fully saturated rings. The van der Waals surface area contributed by atoms with Crippen molar-refractivity contribution in [1.82, 2.24) is 10.3 Å². The lowest BCUT2D eigenvalue weighted by Crippen LogP contribution is -2.36. The summed E-state index contributed by atoms with van der Waals surface area (Å²) in [5, 5.41) is 5.80. The molecule has 3 rings (SSSR count). The molecular weight excluding hydrogens is 316 g/mol. The Balaban J connectivity index is 1.58. The molecule has 1 aliphatic heterocycles. The van der Waals surface area contributed by atoms with Crippen molar-refractivity contribution < 1.29 is 9.53 Å². The fourth-order valence-electron chi connectivity index (χ4n) is 2.91. The van der Waals surface area contributed by atoms with Crippen molar-refractivity contribution in [2.24, 2.45) is 0 Å². The number of amides is 2. The highest BCUT2D eigenvalue weighted by Gasteiger charge is 2.12. The minimum absolute atomic E-state index is 0.226. The van der Waals surface area contributed by atoms with Gasteiger partial charge < -0.3 is 20.3 Å². The molecule has 2 aromatic rings. The number of nitrogens with zero attached hydrogens (tertiary/aromatic N) is 2. The molecule has 1 saturated heterocycles. The van der Waals surface area contributed by atoms with E-state index in [2.05, 4.69) is 32.7 Å². The molecule has 2 N–H and O–H groups in total. The number of hydrogen-bond acceptors (Lipinski definition) is 4. The third-order valence-electron chi connectivity index (χ3n) is 4.33. The van der Waals surface area contributed by atoms with Crippen molar-refractivity contribution in [3.8, 4) is 0 Å². The fourth-order valence-corrected chi connectivity index (χ4v) is 2.91. The van der Waals surface area contributed by atoms with Crippen LogP contribution in [0.4, 0.5) is 16.2 Å². The number of pyridine rings is 1. The number of aromatic nitrogens is 1. The van der Waals surface area contributed by atoms with Gasteiger partial charge in [-0.2, -0.15) is 0 Å². The van der Waals surface area contributed by atoms with Crippen molar-refractivity contribution in [3.05, 3.63) is 53.3 Å². The summed E-state index contributed by atoms with van der Waals surface area (Å²) in [4.78, 5) is 18.7. The van der Waals surface area contributed by atoms with Crippen molar-refractivity contribution in [3.63, 3.8) is 0 Å². The first-order valence-corrected chi connectivity index (χ1v) is 8.52. The maximum absolute atomic E-state index is 12.2. The van der Waals surface area contributed by atoms with Gasteiger partial charge in [-0.15, -0.1) is 0 Å². The molecule has 0 spiro atoms. The van der Waals surface area contributed by atoms with Crippen LogP contribution >= 0.6 is 0 Å². The molecule has 6 heteroatoms. The van der Waals surface area contributed by atoms with Gasteiger partial charge in [0.1, 0.15) is 0 Å². The van der Waals surface area contributed by atoms with Crippen LogP contribution in [0.15, 0.2) is 36.5 Å². The van der Waals surface area contributed by atoms with Crippen LogP contribution in [-0.4, -0.2) is 37.3 Å². The van der Waals surface area contributed by atoms with Crippen LogP contribution < -0.4 is 15.5 Å². The minimum atomic E-state index is -0.226. The zero-order valence-electron chi connectivity index (χ0n) is 14.7. The summed E-state index contributed by atoms with van der Waals surface area (Å²) in [5.41, 5.74) is 4.81. The van der Waals surface area contributed by atoms with Crippen LogP contribution in [0, 0.1) is 13.8 Å². The molecule has 132 valence electrons. The molecule has 0 radical (unpaired) electrons. The number of nitrogens with one attached hydrogen (secondary N) is 2. The zero-order valence-corrected chi connectivity index (χ0v) is 14.7. The van der Waals surface area contributed by atoms with Gasteiger partial charge in [0.15, 0.2) is 0 Å². The molecule has 0 bridgehead atoms. The second kappa shape index (κ2) is 7.98. The maximum Gasteiger partial charge on any atom is 0.319 e. The first-order valence-electron chi connectivity index (χ1n) is 8.52. The molecule has 2 amide bonds. The molecular formula is C19H24N4O2. The fraction of sp³-hybridized carbons (Fsp3) is 0.368. The molecule has 6 nitrogen and oxygen atoms in total. The van der Waals surface area contributed by atoms with E-state index in [0.29, 0.717) is 6.54 Å². The lowest BCUT2D eigenvalue weighted by atomic mass is 10.1. The Morgan fingerprint density at radius 1 is 1.24 bits per heavy atom. The highest BCUT2D eigenvalue weighted by atomic mass is 16.5. The van der Waals surface area contributed by atoms with E-state index in [4.69, 9.17) is 4.74 Å².